The molecule has 0 N–H and O–H groups in total. The highest BCUT2D eigenvalue weighted by atomic mass is 19.1. The number of halogens is 2. The zero-order valence-electron chi connectivity index (χ0n) is 18.1. The van der Waals surface area contributed by atoms with E-state index in [1.165, 1.54) is 28.1 Å². The highest BCUT2D eigenvalue weighted by Gasteiger charge is 2.17. The molecule has 2 aromatic carbocycles. The van der Waals surface area contributed by atoms with Gasteiger partial charge in [0.2, 0.25) is 0 Å². The fraction of sp³-hybridized carbons (Fsp3) is 0.182. The molecular formula is C22H20F2N6O3. The number of nitrogens with zero attached hydrogens (tertiary/aromatic N) is 6. The summed E-state index contributed by atoms with van der Waals surface area (Å²) in [6, 6.07) is 8.54. The van der Waals surface area contributed by atoms with Gasteiger partial charge in [-0.3, -0.25) is 0 Å². The van der Waals surface area contributed by atoms with Gasteiger partial charge in [0.05, 0.1) is 31.7 Å². The standard InChI is InChI=1S/C22H20F2N6O3/c1-14(30-13-25-12-26-30)22(18-6-4-15(23)8-19(18)24)33-11-16-10-29(28-27-16)20-7-5-17(31-2)9-21(20)32-3/h4-10,12-13H,11H2,1-3H3/b22-14-. The van der Waals surface area contributed by atoms with Crippen LogP contribution in [0.15, 0.2) is 55.2 Å². The van der Waals surface area contributed by atoms with Crippen molar-refractivity contribution in [2.45, 2.75) is 13.5 Å². The van der Waals surface area contributed by atoms with Crippen LogP contribution in [0.4, 0.5) is 8.78 Å². The number of allylic oxidation sites excluding steroid dienone is 1. The summed E-state index contributed by atoms with van der Waals surface area (Å²) < 4.78 is 47.5. The van der Waals surface area contributed by atoms with Crippen LogP contribution in [0.25, 0.3) is 17.1 Å². The number of ether oxygens (including phenoxy) is 3. The Labute approximate surface area is 187 Å². The highest BCUT2D eigenvalue weighted by molar-refractivity contribution is 5.77. The fourth-order valence-corrected chi connectivity index (χ4v) is 3.14. The van der Waals surface area contributed by atoms with E-state index in [1.807, 2.05) is 0 Å². The molecule has 0 aliphatic carbocycles. The van der Waals surface area contributed by atoms with Crippen molar-refractivity contribution in [2.24, 2.45) is 0 Å². The third kappa shape index (κ3) is 4.66. The van der Waals surface area contributed by atoms with Crippen molar-refractivity contribution in [1.29, 1.82) is 0 Å². The Morgan fingerprint density at radius 2 is 1.91 bits per heavy atom. The zero-order chi connectivity index (χ0) is 23.4. The molecule has 33 heavy (non-hydrogen) atoms. The molecule has 0 unspecified atom stereocenters. The molecule has 0 spiro atoms. The van der Waals surface area contributed by atoms with Gasteiger partial charge in [-0.25, -0.2) is 23.1 Å². The first-order valence-electron chi connectivity index (χ1n) is 9.78. The topological polar surface area (TPSA) is 89.1 Å². The number of hydrogen-bond donors (Lipinski definition) is 0. The summed E-state index contributed by atoms with van der Waals surface area (Å²) in [5.74, 6) is -0.113. The zero-order valence-corrected chi connectivity index (χ0v) is 18.1. The van der Waals surface area contributed by atoms with Gasteiger partial charge in [-0.15, -0.1) is 5.10 Å². The van der Waals surface area contributed by atoms with Crippen molar-refractivity contribution in [3.63, 3.8) is 0 Å². The highest BCUT2D eigenvalue weighted by Crippen LogP contribution is 2.29. The summed E-state index contributed by atoms with van der Waals surface area (Å²) in [6.45, 7) is 1.66. The summed E-state index contributed by atoms with van der Waals surface area (Å²) in [6.07, 6.45) is 4.45. The largest absolute Gasteiger partial charge is 0.497 e. The fourth-order valence-electron chi connectivity index (χ4n) is 3.14. The van der Waals surface area contributed by atoms with E-state index in [2.05, 4.69) is 20.4 Å². The Morgan fingerprint density at radius 3 is 2.61 bits per heavy atom. The second kappa shape index (κ2) is 9.47. The lowest BCUT2D eigenvalue weighted by Gasteiger charge is -2.14. The van der Waals surface area contributed by atoms with Crippen molar-refractivity contribution in [1.82, 2.24) is 29.8 Å². The molecule has 0 amide bonds. The predicted octanol–water partition coefficient (Wildman–Crippen LogP) is 3.72. The van der Waals surface area contributed by atoms with Crippen molar-refractivity contribution in [3.8, 4) is 17.2 Å². The quantitative estimate of drug-likeness (QED) is 0.375. The Hall–Kier alpha value is -4.28. The molecule has 170 valence electrons. The van der Waals surface area contributed by atoms with Crippen LogP contribution in [0, 0.1) is 11.6 Å². The minimum Gasteiger partial charge on any atom is -0.497 e. The van der Waals surface area contributed by atoms with E-state index in [1.54, 1.807) is 45.5 Å². The van der Waals surface area contributed by atoms with E-state index < -0.39 is 11.6 Å². The summed E-state index contributed by atoms with van der Waals surface area (Å²) in [4.78, 5) is 3.90. The van der Waals surface area contributed by atoms with Crippen molar-refractivity contribution >= 4 is 11.5 Å². The maximum Gasteiger partial charge on any atom is 0.151 e. The van der Waals surface area contributed by atoms with Crippen LogP contribution in [0.5, 0.6) is 11.5 Å². The van der Waals surface area contributed by atoms with Crippen molar-refractivity contribution in [2.75, 3.05) is 14.2 Å². The molecule has 0 atom stereocenters. The molecule has 0 bridgehead atoms. The normalized spacial score (nSPS) is 11.8. The maximum atomic E-state index is 14.5. The van der Waals surface area contributed by atoms with Gasteiger partial charge >= 0.3 is 0 Å². The third-order valence-electron chi connectivity index (χ3n) is 4.81. The van der Waals surface area contributed by atoms with E-state index in [-0.39, 0.29) is 17.9 Å². The molecule has 0 aliphatic rings. The van der Waals surface area contributed by atoms with Gasteiger partial charge in [-0.05, 0) is 31.2 Å². The van der Waals surface area contributed by atoms with Gasteiger partial charge in [0, 0.05) is 12.1 Å². The van der Waals surface area contributed by atoms with Gasteiger partial charge < -0.3 is 14.2 Å². The molecular weight excluding hydrogens is 434 g/mol. The smallest absolute Gasteiger partial charge is 0.151 e. The minimum absolute atomic E-state index is 0.0311. The lowest BCUT2D eigenvalue weighted by Crippen LogP contribution is -2.04. The lowest BCUT2D eigenvalue weighted by molar-refractivity contribution is 0.258. The van der Waals surface area contributed by atoms with E-state index in [0.29, 0.717) is 28.6 Å². The molecule has 0 saturated carbocycles. The number of benzene rings is 2. The van der Waals surface area contributed by atoms with Crippen LogP contribution in [-0.4, -0.2) is 44.0 Å². The Morgan fingerprint density at radius 1 is 1.06 bits per heavy atom. The van der Waals surface area contributed by atoms with E-state index in [9.17, 15) is 8.78 Å². The summed E-state index contributed by atoms with van der Waals surface area (Å²) in [5.41, 5.74) is 1.66. The third-order valence-corrected chi connectivity index (χ3v) is 4.81. The van der Waals surface area contributed by atoms with E-state index in [0.717, 1.165) is 12.1 Å². The van der Waals surface area contributed by atoms with Crippen LogP contribution in [0.1, 0.15) is 18.2 Å². The lowest BCUT2D eigenvalue weighted by atomic mass is 10.1. The Bertz CT molecular complexity index is 1290. The van der Waals surface area contributed by atoms with Gasteiger partial charge in [0.25, 0.3) is 0 Å². The molecule has 0 aliphatic heterocycles. The second-order valence-corrected chi connectivity index (χ2v) is 6.86. The first kappa shape index (κ1) is 21.9. The van der Waals surface area contributed by atoms with Crippen LogP contribution in [0.3, 0.4) is 0 Å². The average molecular weight is 454 g/mol. The minimum atomic E-state index is -0.768. The molecule has 2 heterocycles. The summed E-state index contributed by atoms with van der Waals surface area (Å²) in [5, 5.41) is 12.3. The molecule has 11 heteroatoms. The summed E-state index contributed by atoms with van der Waals surface area (Å²) in [7, 11) is 3.11. The second-order valence-electron chi connectivity index (χ2n) is 6.86. The van der Waals surface area contributed by atoms with Gasteiger partial charge in [0.15, 0.2) is 5.76 Å². The number of hydrogen-bond acceptors (Lipinski definition) is 7. The monoisotopic (exact) mass is 454 g/mol. The van der Waals surface area contributed by atoms with Gasteiger partial charge in [-0.1, -0.05) is 5.21 Å². The molecule has 0 fully saturated rings. The van der Waals surface area contributed by atoms with Gasteiger partial charge in [-0.2, -0.15) is 5.10 Å². The number of rotatable bonds is 8. The van der Waals surface area contributed by atoms with Crippen LogP contribution in [-0.2, 0) is 11.3 Å². The Kier molecular flexibility index (Phi) is 6.29. The molecule has 4 aromatic rings. The molecule has 0 radical (unpaired) electrons. The first-order chi connectivity index (χ1) is 16.0. The molecule has 0 saturated heterocycles. The SMILES string of the molecule is COc1ccc(-n2cc(CO/C(=C(/C)n3cncn3)c3ccc(F)cc3F)nn2)c(OC)c1. The number of aromatic nitrogens is 6. The summed E-state index contributed by atoms with van der Waals surface area (Å²) >= 11 is 0. The van der Waals surface area contributed by atoms with Crippen molar-refractivity contribution < 1.29 is 23.0 Å². The molecule has 4 rings (SSSR count). The van der Waals surface area contributed by atoms with Crippen LogP contribution >= 0.6 is 0 Å². The van der Waals surface area contributed by atoms with E-state index >= 15 is 0 Å². The Balaban J connectivity index is 1.62. The van der Waals surface area contributed by atoms with Crippen LogP contribution in [0.2, 0.25) is 0 Å². The van der Waals surface area contributed by atoms with Crippen molar-refractivity contribution in [3.05, 3.63) is 78.1 Å². The molecule has 9 nitrogen and oxygen atoms in total. The van der Waals surface area contributed by atoms with Crippen LogP contribution < -0.4 is 9.47 Å². The first-order valence-corrected chi connectivity index (χ1v) is 9.78. The predicted molar refractivity (Wildman–Crippen MR) is 114 cm³/mol. The molecule has 2 aromatic heterocycles. The maximum absolute atomic E-state index is 14.5. The van der Waals surface area contributed by atoms with E-state index in [4.69, 9.17) is 14.2 Å². The average Bonchev–Trinajstić information content (AvgIpc) is 3.52. The van der Waals surface area contributed by atoms with Gasteiger partial charge in [0.1, 0.15) is 53.8 Å². The number of methoxy groups -OCH3 is 2.